The minimum absolute atomic E-state index is 0.112. The van der Waals surface area contributed by atoms with Crippen LogP contribution in [0, 0.1) is 0 Å². The highest BCUT2D eigenvalue weighted by Gasteiger charge is 2.18. The smallest absolute Gasteiger partial charge is 0.231 e. The van der Waals surface area contributed by atoms with Crippen LogP contribution in [-0.4, -0.2) is 11.9 Å². The van der Waals surface area contributed by atoms with Crippen molar-refractivity contribution < 1.29 is 19.3 Å². The Bertz CT molecular complexity index is 551. The third kappa shape index (κ3) is 1.98. The summed E-state index contributed by atoms with van der Waals surface area (Å²) in [5.41, 5.74) is 0.670. The lowest BCUT2D eigenvalue weighted by Gasteiger charge is -2.10. The van der Waals surface area contributed by atoms with Gasteiger partial charge in [-0.25, -0.2) is 0 Å². The van der Waals surface area contributed by atoms with E-state index in [2.05, 4.69) is 0 Å². The predicted octanol–water partition coefficient (Wildman–Crippen LogP) is 2.70. The zero-order valence-electron chi connectivity index (χ0n) is 9.63. The van der Waals surface area contributed by atoms with E-state index in [0.29, 0.717) is 28.6 Å². The third-order valence-electron chi connectivity index (χ3n) is 2.70. The number of hydrogen-bond acceptors (Lipinski definition) is 4. The monoisotopic (exact) mass is 244 g/mol. The number of aliphatic hydroxyl groups excluding tert-OH is 1. The summed E-state index contributed by atoms with van der Waals surface area (Å²) in [7, 11) is 0. The van der Waals surface area contributed by atoms with Crippen LogP contribution in [0.5, 0.6) is 23.0 Å². The van der Waals surface area contributed by atoms with Gasteiger partial charge in [0.25, 0.3) is 0 Å². The summed E-state index contributed by atoms with van der Waals surface area (Å²) in [6.07, 6.45) is 0. The second kappa shape index (κ2) is 4.58. The Morgan fingerprint density at radius 2 is 1.78 bits per heavy atom. The van der Waals surface area contributed by atoms with Crippen LogP contribution in [0.25, 0.3) is 0 Å². The van der Waals surface area contributed by atoms with Crippen LogP contribution in [0.2, 0.25) is 0 Å². The second-order valence-corrected chi connectivity index (χ2v) is 3.89. The minimum Gasteiger partial charge on any atom is -0.457 e. The topological polar surface area (TPSA) is 47.9 Å². The van der Waals surface area contributed by atoms with Crippen LogP contribution in [0.3, 0.4) is 0 Å². The highest BCUT2D eigenvalue weighted by Crippen LogP contribution is 2.39. The molecule has 0 aromatic heterocycles. The van der Waals surface area contributed by atoms with E-state index in [0.717, 1.165) is 0 Å². The maximum Gasteiger partial charge on any atom is 0.231 e. The number of ether oxygens (including phenoxy) is 3. The molecule has 0 unspecified atom stereocenters. The summed E-state index contributed by atoms with van der Waals surface area (Å²) >= 11 is 0. The number of aliphatic hydroxyl groups is 1. The Kier molecular flexibility index (Phi) is 2.78. The number of rotatable bonds is 3. The molecule has 0 bridgehead atoms. The SMILES string of the molecule is OCc1cc2c(cc1Oc1ccccc1)OCO2. The molecule has 18 heavy (non-hydrogen) atoms. The van der Waals surface area contributed by atoms with Gasteiger partial charge in [-0.3, -0.25) is 0 Å². The predicted molar refractivity (Wildman–Crippen MR) is 65.0 cm³/mol. The van der Waals surface area contributed by atoms with Gasteiger partial charge in [0, 0.05) is 11.6 Å². The van der Waals surface area contributed by atoms with Gasteiger partial charge in [0.2, 0.25) is 6.79 Å². The fourth-order valence-electron chi connectivity index (χ4n) is 1.80. The molecule has 2 aromatic carbocycles. The first-order chi connectivity index (χ1) is 8.86. The Labute approximate surface area is 104 Å². The number of benzene rings is 2. The van der Waals surface area contributed by atoms with Gasteiger partial charge < -0.3 is 19.3 Å². The summed E-state index contributed by atoms with van der Waals surface area (Å²) in [4.78, 5) is 0. The quantitative estimate of drug-likeness (QED) is 0.901. The zero-order chi connectivity index (χ0) is 12.4. The maximum absolute atomic E-state index is 9.35. The van der Waals surface area contributed by atoms with Gasteiger partial charge in [-0.2, -0.15) is 0 Å². The fourth-order valence-corrected chi connectivity index (χ4v) is 1.80. The van der Waals surface area contributed by atoms with Gasteiger partial charge in [-0.15, -0.1) is 0 Å². The van der Waals surface area contributed by atoms with E-state index in [4.69, 9.17) is 14.2 Å². The summed E-state index contributed by atoms with van der Waals surface area (Å²) < 4.78 is 16.3. The van der Waals surface area contributed by atoms with Crippen LogP contribution >= 0.6 is 0 Å². The molecule has 0 spiro atoms. The van der Waals surface area contributed by atoms with Crippen molar-refractivity contribution >= 4 is 0 Å². The Balaban J connectivity index is 1.96. The average Bonchev–Trinajstić information content (AvgIpc) is 2.86. The van der Waals surface area contributed by atoms with Gasteiger partial charge in [0.15, 0.2) is 11.5 Å². The highest BCUT2D eigenvalue weighted by molar-refractivity contribution is 5.52. The van der Waals surface area contributed by atoms with Crippen molar-refractivity contribution in [1.82, 2.24) is 0 Å². The van der Waals surface area contributed by atoms with Crippen molar-refractivity contribution in [2.45, 2.75) is 6.61 Å². The molecule has 0 fully saturated rings. The molecule has 4 nitrogen and oxygen atoms in total. The molecule has 2 aromatic rings. The number of fused-ring (bicyclic) bond motifs is 1. The molecule has 3 rings (SSSR count). The van der Waals surface area contributed by atoms with E-state index in [9.17, 15) is 5.11 Å². The van der Waals surface area contributed by atoms with Crippen molar-refractivity contribution in [1.29, 1.82) is 0 Å². The maximum atomic E-state index is 9.35. The van der Waals surface area contributed by atoms with E-state index < -0.39 is 0 Å². The van der Waals surface area contributed by atoms with Gasteiger partial charge in [0.1, 0.15) is 11.5 Å². The van der Waals surface area contributed by atoms with E-state index in [1.807, 2.05) is 30.3 Å². The lowest BCUT2D eigenvalue weighted by Crippen LogP contribution is -1.92. The van der Waals surface area contributed by atoms with E-state index >= 15 is 0 Å². The van der Waals surface area contributed by atoms with E-state index in [1.54, 1.807) is 12.1 Å². The molecule has 1 heterocycles. The normalized spacial score (nSPS) is 12.5. The molecule has 1 N–H and O–H groups in total. The third-order valence-corrected chi connectivity index (χ3v) is 2.70. The molecule has 0 aliphatic carbocycles. The van der Waals surface area contributed by atoms with Crippen molar-refractivity contribution in [2.24, 2.45) is 0 Å². The first-order valence-corrected chi connectivity index (χ1v) is 5.63. The Hall–Kier alpha value is -2.20. The molecule has 0 atom stereocenters. The van der Waals surface area contributed by atoms with Crippen LogP contribution in [0.15, 0.2) is 42.5 Å². The average molecular weight is 244 g/mol. The van der Waals surface area contributed by atoms with Crippen molar-refractivity contribution in [3.63, 3.8) is 0 Å². The van der Waals surface area contributed by atoms with Crippen LogP contribution in [-0.2, 0) is 6.61 Å². The molecule has 1 aliphatic heterocycles. The Morgan fingerprint density at radius 1 is 1.06 bits per heavy atom. The zero-order valence-corrected chi connectivity index (χ0v) is 9.63. The van der Waals surface area contributed by atoms with Gasteiger partial charge in [-0.1, -0.05) is 18.2 Å². The van der Waals surface area contributed by atoms with Crippen LogP contribution in [0.1, 0.15) is 5.56 Å². The summed E-state index contributed by atoms with van der Waals surface area (Å²) in [5, 5.41) is 9.35. The molecule has 0 saturated heterocycles. The molecular formula is C14H12O4. The summed E-state index contributed by atoms with van der Waals surface area (Å²) in [5.74, 6) is 2.57. The summed E-state index contributed by atoms with van der Waals surface area (Å²) in [6.45, 7) is 0.0911. The lowest BCUT2D eigenvalue weighted by molar-refractivity contribution is 0.173. The minimum atomic E-state index is -0.112. The lowest BCUT2D eigenvalue weighted by atomic mass is 10.2. The molecule has 1 aliphatic rings. The van der Waals surface area contributed by atoms with Gasteiger partial charge >= 0.3 is 0 Å². The highest BCUT2D eigenvalue weighted by atomic mass is 16.7. The standard InChI is InChI=1S/C14H12O4/c15-8-10-6-13-14(17-9-16-13)7-12(10)18-11-4-2-1-3-5-11/h1-7,15H,8-9H2. The van der Waals surface area contributed by atoms with Crippen molar-refractivity contribution in [3.8, 4) is 23.0 Å². The van der Waals surface area contributed by atoms with Gasteiger partial charge in [-0.05, 0) is 18.2 Å². The molecule has 0 amide bonds. The first kappa shape index (κ1) is 10.9. The first-order valence-electron chi connectivity index (χ1n) is 5.63. The Morgan fingerprint density at radius 3 is 2.50 bits per heavy atom. The number of hydrogen-bond donors (Lipinski definition) is 1. The summed E-state index contributed by atoms with van der Waals surface area (Å²) in [6, 6.07) is 12.9. The molecular weight excluding hydrogens is 232 g/mol. The van der Waals surface area contributed by atoms with Gasteiger partial charge in [0.05, 0.1) is 6.61 Å². The molecule has 92 valence electrons. The molecule has 0 saturated carbocycles. The van der Waals surface area contributed by atoms with Crippen molar-refractivity contribution in [2.75, 3.05) is 6.79 Å². The van der Waals surface area contributed by atoms with Crippen LogP contribution < -0.4 is 14.2 Å². The fraction of sp³-hybridized carbons (Fsp3) is 0.143. The molecule has 0 radical (unpaired) electrons. The van der Waals surface area contributed by atoms with Crippen LogP contribution in [0.4, 0.5) is 0 Å². The largest absolute Gasteiger partial charge is 0.457 e. The van der Waals surface area contributed by atoms with Crippen molar-refractivity contribution in [3.05, 3.63) is 48.0 Å². The van der Waals surface area contributed by atoms with E-state index in [-0.39, 0.29) is 13.4 Å². The molecule has 4 heteroatoms. The number of para-hydroxylation sites is 1. The second-order valence-electron chi connectivity index (χ2n) is 3.89. The van der Waals surface area contributed by atoms with E-state index in [1.165, 1.54) is 0 Å².